The van der Waals surface area contributed by atoms with Crippen LogP contribution in [0.3, 0.4) is 0 Å². The van der Waals surface area contributed by atoms with E-state index in [9.17, 15) is 4.79 Å². The molecule has 1 amide bonds. The minimum absolute atomic E-state index is 0.237. The fraction of sp³-hybridized carbons (Fsp3) is 0.214. The van der Waals surface area contributed by atoms with Gasteiger partial charge in [-0.3, -0.25) is 4.79 Å². The van der Waals surface area contributed by atoms with E-state index >= 15 is 0 Å². The summed E-state index contributed by atoms with van der Waals surface area (Å²) in [5.41, 5.74) is 0.244. The van der Waals surface area contributed by atoms with Crippen LogP contribution in [0.15, 0.2) is 36.4 Å². The Morgan fingerprint density at radius 1 is 1.14 bits per heavy atom. The predicted octanol–water partition coefficient (Wildman–Crippen LogP) is 2.93. The van der Waals surface area contributed by atoms with Crippen LogP contribution in [0.5, 0.6) is 5.75 Å². The number of hydrogen-bond donors (Lipinski definition) is 0. The van der Waals surface area contributed by atoms with Gasteiger partial charge in [0.15, 0.2) is 10.8 Å². The zero-order valence-electron chi connectivity index (χ0n) is 11.3. The number of carbonyl (C=O) groups excluding carboxylic acids is 1. The van der Waals surface area contributed by atoms with Crippen LogP contribution < -0.4 is 4.74 Å². The van der Waals surface area contributed by atoms with Crippen LogP contribution in [0, 0.1) is 0 Å². The molecule has 0 bridgehead atoms. The van der Waals surface area contributed by atoms with Gasteiger partial charge in [-0.2, -0.15) is 0 Å². The second-order valence-electron chi connectivity index (χ2n) is 4.27. The van der Waals surface area contributed by atoms with Crippen molar-refractivity contribution in [2.45, 2.75) is 0 Å². The lowest BCUT2D eigenvalue weighted by Gasteiger charge is -2.16. The SMILES string of the molecule is CN(CCOc1ccc(Cl)cc1)C(=O)c1ccc(Cl)nn1. The lowest BCUT2D eigenvalue weighted by molar-refractivity contribution is 0.0767. The Kier molecular flexibility index (Phi) is 5.36. The maximum atomic E-state index is 12.1. The third kappa shape index (κ3) is 4.58. The Morgan fingerprint density at radius 3 is 2.48 bits per heavy atom. The van der Waals surface area contributed by atoms with Crippen molar-refractivity contribution in [2.24, 2.45) is 0 Å². The summed E-state index contributed by atoms with van der Waals surface area (Å²) in [6.45, 7) is 0.788. The Morgan fingerprint density at radius 2 is 1.86 bits per heavy atom. The van der Waals surface area contributed by atoms with E-state index in [-0.39, 0.29) is 16.8 Å². The number of halogens is 2. The minimum atomic E-state index is -0.237. The van der Waals surface area contributed by atoms with Crippen LogP contribution in [-0.2, 0) is 0 Å². The molecule has 21 heavy (non-hydrogen) atoms. The van der Waals surface area contributed by atoms with E-state index in [0.717, 1.165) is 0 Å². The Bertz CT molecular complexity index is 603. The molecule has 0 saturated carbocycles. The van der Waals surface area contributed by atoms with Crippen molar-refractivity contribution in [3.63, 3.8) is 0 Å². The van der Waals surface area contributed by atoms with Crippen molar-refractivity contribution in [2.75, 3.05) is 20.2 Å². The van der Waals surface area contributed by atoms with E-state index in [1.807, 2.05) is 0 Å². The maximum absolute atomic E-state index is 12.1. The van der Waals surface area contributed by atoms with Crippen molar-refractivity contribution < 1.29 is 9.53 Å². The molecule has 0 aliphatic rings. The second kappa shape index (κ2) is 7.24. The summed E-state index contributed by atoms with van der Waals surface area (Å²) in [5, 5.41) is 8.29. The Labute approximate surface area is 132 Å². The first-order valence-corrected chi connectivity index (χ1v) is 6.95. The van der Waals surface area contributed by atoms with Gasteiger partial charge in [0, 0.05) is 12.1 Å². The highest BCUT2D eigenvalue weighted by Gasteiger charge is 2.13. The number of aromatic nitrogens is 2. The zero-order chi connectivity index (χ0) is 15.2. The summed E-state index contributed by atoms with van der Waals surface area (Å²) in [4.78, 5) is 13.6. The van der Waals surface area contributed by atoms with E-state index in [1.165, 1.54) is 17.0 Å². The van der Waals surface area contributed by atoms with E-state index in [4.69, 9.17) is 27.9 Å². The van der Waals surface area contributed by atoms with Crippen molar-refractivity contribution in [1.29, 1.82) is 0 Å². The zero-order valence-corrected chi connectivity index (χ0v) is 12.8. The van der Waals surface area contributed by atoms with Crippen LogP contribution in [0.4, 0.5) is 0 Å². The predicted molar refractivity (Wildman–Crippen MR) is 80.9 cm³/mol. The molecule has 110 valence electrons. The third-order valence-corrected chi connectivity index (χ3v) is 3.16. The normalized spacial score (nSPS) is 10.2. The van der Waals surface area contributed by atoms with Gasteiger partial charge in [0.2, 0.25) is 0 Å². The smallest absolute Gasteiger partial charge is 0.274 e. The average molecular weight is 326 g/mol. The molecule has 0 N–H and O–H groups in total. The fourth-order valence-corrected chi connectivity index (χ4v) is 1.79. The molecule has 0 unspecified atom stereocenters. The van der Waals surface area contributed by atoms with Gasteiger partial charge in [-0.25, -0.2) is 0 Å². The fourth-order valence-electron chi connectivity index (χ4n) is 1.56. The highest BCUT2D eigenvalue weighted by atomic mass is 35.5. The van der Waals surface area contributed by atoms with Gasteiger partial charge >= 0.3 is 0 Å². The van der Waals surface area contributed by atoms with Gasteiger partial charge < -0.3 is 9.64 Å². The van der Waals surface area contributed by atoms with Crippen molar-refractivity contribution in [1.82, 2.24) is 15.1 Å². The molecule has 0 radical (unpaired) electrons. The van der Waals surface area contributed by atoms with Gasteiger partial charge in [-0.15, -0.1) is 10.2 Å². The summed E-state index contributed by atoms with van der Waals surface area (Å²) in [6, 6.07) is 10.1. The summed E-state index contributed by atoms with van der Waals surface area (Å²) >= 11 is 11.4. The quantitative estimate of drug-likeness (QED) is 0.848. The number of ether oxygens (including phenoxy) is 1. The Hall–Kier alpha value is -1.85. The highest BCUT2D eigenvalue weighted by Crippen LogP contribution is 2.15. The molecule has 0 fully saturated rings. The molecular weight excluding hydrogens is 313 g/mol. The average Bonchev–Trinajstić information content (AvgIpc) is 2.49. The van der Waals surface area contributed by atoms with E-state index in [1.54, 1.807) is 31.3 Å². The number of benzene rings is 1. The summed E-state index contributed by atoms with van der Waals surface area (Å²) in [7, 11) is 1.67. The molecule has 0 aliphatic carbocycles. The minimum Gasteiger partial charge on any atom is -0.492 e. The lowest BCUT2D eigenvalue weighted by atomic mass is 10.3. The first-order chi connectivity index (χ1) is 10.1. The number of likely N-dealkylation sites (N-methyl/N-ethyl adjacent to an activating group) is 1. The number of hydrogen-bond acceptors (Lipinski definition) is 4. The number of carbonyl (C=O) groups is 1. The topological polar surface area (TPSA) is 55.3 Å². The molecule has 5 nitrogen and oxygen atoms in total. The van der Waals surface area contributed by atoms with Gasteiger partial charge in [-0.05, 0) is 36.4 Å². The first kappa shape index (κ1) is 15.5. The molecule has 1 aromatic carbocycles. The molecule has 0 spiro atoms. The molecule has 1 aromatic heterocycles. The molecule has 7 heteroatoms. The van der Waals surface area contributed by atoms with E-state index in [2.05, 4.69) is 10.2 Å². The van der Waals surface area contributed by atoms with Gasteiger partial charge in [-0.1, -0.05) is 23.2 Å². The molecule has 2 rings (SSSR count). The number of nitrogens with zero attached hydrogens (tertiary/aromatic N) is 3. The lowest BCUT2D eigenvalue weighted by Crippen LogP contribution is -2.31. The molecule has 1 heterocycles. The third-order valence-electron chi connectivity index (χ3n) is 2.71. The largest absolute Gasteiger partial charge is 0.492 e. The Balaban J connectivity index is 1.83. The van der Waals surface area contributed by atoms with Crippen molar-refractivity contribution in [3.05, 3.63) is 52.3 Å². The standard InChI is InChI=1S/C14H13Cl2N3O2/c1-19(14(20)12-6-7-13(16)18-17-12)8-9-21-11-4-2-10(15)3-5-11/h2-7H,8-9H2,1H3. The van der Waals surface area contributed by atoms with E-state index < -0.39 is 0 Å². The molecule has 0 saturated heterocycles. The van der Waals surface area contributed by atoms with Crippen molar-refractivity contribution in [3.8, 4) is 5.75 Å². The summed E-state index contributed by atoms with van der Waals surface area (Å²) in [5.74, 6) is 0.463. The van der Waals surface area contributed by atoms with Gasteiger partial charge in [0.05, 0.1) is 6.54 Å². The molecule has 2 aromatic rings. The monoisotopic (exact) mass is 325 g/mol. The maximum Gasteiger partial charge on any atom is 0.274 e. The first-order valence-electron chi connectivity index (χ1n) is 6.19. The number of amides is 1. The van der Waals surface area contributed by atoms with Crippen molar-refractivity contribution >= 4 is 29.1 Å². The second-order valence-corrected chi connectivity index (χ2v) is 5.09. The molecular formula is C14H13Cl2N3O2. The van der Waals surface area contributed by atoms with Gasteiger partial charge in [0.25, 0.3) is 5.91 Å². The van der Waals surface area contributed by atoms with Crippen LogP contribution >= 0.6 is 23.2 Å². The summed E-state index contributed by atoms with van der Waals surface area (Å²) in [6.07, 6.45) is 0. The van der Waals surface area contributed by atoms with Gasteiger partial charge in [0.1, 0.15) is 12.4 Å². The molecule has 0 atom stereocenters. The van der Waals surface area contributed by atoms with Crippen LogP contribution in [-0.4, -0.2) is 41.2 Å². The van der Waals surface area contributed by atoms with Crippen LogP contribution in [0.25, 0.3) is 0 Å². The molecule has 0 aliphatic heterocycles. The van der Waals surface area contributed by atoms with Crippen LogP contribution in [0.1, 0.15) is 10.5 Å². The number of rotatable bonds is 5. The summed E-state index contributed by atoms with van der Waals surface area (Å²) < 4.78 is 5.53. The van der Waals surface area contributed by atoms with Crippen LogP contribution in [0.2, 0.25) is 10.2 Å². The highest BCUT2D eigenvalue weighted by molar-refractivity contribution is 6.30. The van der Waals surface area contributed by atoms with E-state index in [0.29, 0.717) is 23.9 Å².